The van der Waals surface area contributed by atoms with Gasteiger partial charge in [0.15, 0.2) is 0 Å². The van der Waals surface area contributed by atoms with Gasteiger partial charge in [0.2, 0.25) is 17.7 Å². The lowest BCUT2D eigenvalue weighted by molar-refractivity contribution is -0.141. The molecule has 2 aromatic rings. The number of hydrogen-bond donors (Lipinski definition) is 3. The third-order valence-corrected chi connectivity index (χ3v) is 11.0. The second-order valence-corrected chi connectivity index (χ2v) is 12.7. The molecule has 0 saturated carbocycles. The molecule has 3 heterocycles. The van der Waals surface area contributed by atoms with Crippen molar-refractivity contribution in [3.8, 4) is 0 Å². The molecule has 0 aromatic heterocycles. The number of fused-ring (bicyclic) bond motifs is 1. The predicted molar refractivity (Wildman–Crippen MR) is 145 cm³/mol. The second kappa shape index (κ2) is 10.0. The molecule has 3 unspecified atom stereocenters. The van der Waals surface area contributed by atoms with Gasteiger partial charge in [-0.3, -0.25) is 14.4 Å². The van der Waals surface area contributed by atoms with Crippen molar-refractivity contribution in [3.05, 3.63) is 59.6 Å². The summed E-state index contributed by atoms with van der Waals surface area (Å²) in [4.78, 5) is 43.0. The number of halogens is 2. The summed E-state index contributed by atoms with van der Waals surface area (Å²) in [6.07, 6.45) is 1.06. The largest absolute Gasteiger partial charge is 0.394 e. The average molecular weight is 593 g/mol. The molecule has 3 fully saturated rings. The summed E-state index contributed by atoms with van der Waals surface area (Å²) >= 11 is 11.3. The molecule has 1 spiro atoms. The lowest BCUT2D eigenvalue weighted by Crippen LogP contribution is -2.55. The van der Waals surface area contributed by atoms with E-state index in [9.17, 15) is 19.5 Å². The number of anilines is 2. The number of nitrogens with one attached hydrogen (secondary N) is 2. The van der Waals surface area contributed by atoms with E-state index in [1.165, 1.54) is 0 Å². The maximum atomic E-state index is 14.0. The number of likely N-dealkylation sites (tertiary alicyclic amines) is 1. The molecule has 190 valence electrons. The number of aliphatic hydroxyl groups excluding tert-OH is 1. The summed E-state index contributed by atoms with van der Waals surface area (Å²) in [5, 5.41) is 16.5. The molecule has 3 aliphatic rings. The van der Waals surface area contributed by atoms with Gasteiger partial charge < -0.3 is 20.6 Å². The molecule has 2 aromatic carbocycles. The van der Waals surface area contributed by atoms with Crippen LogP contribution < -0.4 is 10.6 Å². The Morgan fingerprint density at radius 3 is 2.42 bits per heavy atom. The van der Waals surface area contributed by atoms with Gasteiger partial charge in [-0.25, -0.2) is 0 Å². The minimum absolute atomic E-state index is 0.0296. The SMILES string of the molecule is CC[C@@H](CO)N1C(=O)[C@@H]2[C@@H](C(=O)Nc3ccccc3)[C@@H]3SC2(CC3Br)C1C(=O)Nc1ccc(Cl)cc1. The molecular formula is C26H27BrClN3O4S. The number of carbonyl (C=O) groups is 3. The highest BCUT2D eigenvalue weighted by atomic mass is 79.9. The molecule has 7 atom stereocenters. The fourth-order valence-corrected chi connectivity index (χ4v) is 9.69. The molecule has 36 heavy (non-hydrogen) atoms. The van der Waals surface area contributed by atoms with E-state index >= 15 is 0 Å². The highest BCUT2D eigenvalue weighted by Gasteiger charge is 2.76. The maximum absolute atomic E-state index is 14.0. The van der Waals surface area contributed by atoms with E-state index in [1.807, 2.05) is 37.3 Å². The van der Waals surface area contributed by atoms with E-state index in [1.54, 1.807) is 40.9 Å². The highest BCUT2D eigenvalue weighted by Crippen LogP contribution is 2.68. The highest BCUT2D eigenvalue weighted by molar-refractivity contribution is 9.09. The number of amides is 3. The van der Waals surface area contributed by atoms with E-state index in [4.69, 9.17) is 11.6 Å². The van der Waals surface area contributed by atoms with Crippen LogP contribution in [-0.2, 0) is 14.4 Å². The third-order valence-electron chi connectivity index (χ3n) is 7.51. The fraction of sp³-hybridized carbons (Fsp3) is 0.423. The van der Waals surface area contributed by atoms with Crippen molar-refractivity contribution < 1.29 is 19.5 Å². The monoisotopic (exact) mass is 591 g/mol. The summed E-state index contributed by atoms with van der Waals surface area (Å²) in [5.41, 5.74) is 1.23. The fourth-order valence-electron chi connectivity index (χ4n) is 5.96. The standard InChI is InChI=1S/C26H27BrClN3O4S/c1-2-17(13-32)31-22(24(34)30-16-10-8-14(28)9-11-16)26-12-18(27)21(36-26)19(20(26)25(31)35)23(33)29-15-6-4-3-5-7-15/h3-11,17-22,32H,2,12-13H2,1H3,(H,29,33)(H,30,34)/t17-,18?,19+,20-,21+,22?,26?/m0/s1. The topological polar surface area (TPSA) is 98.7 Å². The van der Waals surface area contributed by atoms with Gasteiger partial charge in [-0.2, -0.15) is 0 Å². The van der Waals surface area contributed by atoms with Gasteiger partial charge in [0.05, 0.1) is 29.2 Å². The Morgan fingerprint density at radius 1 is 1.14 bits per heavy atom. The van der Waals surface area contributed by atoms with Crippen molar-refractivity contribution in [1.82, 2.24) is 4.90 Å². The van der Waals surface area contributed by atoms with E-state index in [2.05, 4.69) is 26.6 Å². The molecule has 0 aliphatic carbocycles. The van der Waals surface area contributed by atoms with Crippen molar-refractivity contribution >= 4 is 68.4 Å². The average Bonchev–Trinajstić information content (AvgIpc) is 3.46. The van der Waals surface area contributed by atoms with Crippen LogP contribution in [0, 0.1) is 11.8 Å². The smallest absolute Gasteiger partial charge is 0.248 e. The van der Waals surface area contributed by atoms with Crippen LogP contribution in [0.25, 0.3) is 0 Å². The summed E-state index contributed by atoms with van der Waals surface area (Å²) in [6.45, 7) is 1.62. The summed E-state index contributed by atoms with van der Waals surface area (Å²) in [6, 6.07) is 14.6. The number of thioether (sulfide) groups is 1. The van der Waals surface area contributed by atoms with Gasteiger partial charge in [-0.15, -0.1) is 11.8 Å². The van der Waals surface area contributed by atoms with Crippen LogP contribution in [0.15, 0.2) is 54.6 Å². The van der Waals surface area contributed by atoms with E-state index in [-0.39, 0.29) is 34.4 Å². The minimum atomic E-state index is -0.827. The summed E-state index contributed by atoms with van der Waals surface area (Å²) in [7, 11) is 0. The van der Waals surface area contributed by atoms with Crippen molar-refractivity contribution in [2.45, 2.75) is 46.7 Å². The van der Waals surface area contributed by atoms with Crippen LogP contribution in [0.2, 0.25) is 5.02 Å². The number of alkyl halides is 1. The summed E-state index contributed by atoms with van der Waals surface area (Å²) < 4.78 is -0.784. The number of benzene rings is 2. The number of rotatable bonds is 7. The Bertz CT molecular complexity index is 1170. The number of hydrogen-bond acceptors (Lipinski definition) is 5. The van der Waals surface area contributed by atoms with Gasteiger partial charge in [-0.1, -0.05) is 52.7 Å². The van der Waals surface area contributed by atoms with Crippen molar-refractivity contribution in [1.29, 1.82) is 0 Å². The van der Waals surface area contributed by atoms with Gasteiger partial charge in [0, 0.05) is 26.5 Å². The Morgan fingerprint density at radius 2 is 1.78 bits per heavy atom. The van der Waals surface area contributed by atoms with Crippen LogP contribution >= 0.6 is 39.3 Å². The third kappa shape index (κ3) is 4.14. The van der Waals surface area contributed by atoms with Crippen LogP contribution in [-0.4, -0.2) is 61.2 Å². The number of aliphatic hydroxyl groups is 1. The lowest BCUT2D eigenvalue weighted by Gasteiger charge is -2.37. The molecule has 10 heteroatoms. The molecule has 3 amide bonds. The first-order valence-electron chi connectivity index (χ1n) is 12.0. The van der Waals surface area contributed by atoms with Gasteiger partial charge in [-0.05, 0) is 49.2 Å². The first kappa shape index (κ1) is 25.6. The first-order chi connectivity index (χ1) is 17.3. The summed E-state index contributed by atoms with van der Waals surface area (Å²) in [5.74, 6) is -2.05. The second-order valence-electron chi connectivity index (χ2n) is 9.51. The van der Waals surface area contributed by atoms with Crippen LogP contribution in [0.4, 0.5) is 11.4 Å². The van der Waals surface area contributed by atoms with Gasteiger partial charge >= 0.3 is 0 Å². The zero-order chi connectivity index (χ0) is 25.6. The van der Waals surface area contributed by atoms with Crippen LogP contribution in [0.1, 0.15) is 19.8 Å². The van der Waals surface area contributed by atoms with Gasteiger partial charge in [0.1, 0.15) is 6.04 Å². The number of carbonyl (C=O) groups excluding carboxylic acids is 3. The Labute approximate surface area is 227 Å². The quantitative estimate of drug-likeness (QED) is 0.420. The minimum Gasteiger partial charge on any atom is -0.394 e. The zero-order valence-corrected chi connectivity index (χ0v) is 22.7. The van der Waals surface area contributed by atoms with Gasteiger partial charge in [0.25, 0.3) is 0 Å². The molecule has 3 saturated heterocycles. The first-order valence-corrected chi connectivity index (χ1v) is 14.1. The molecule has 7 nitrogen and oxygen atoms in total. The Kier molecular flexibility index (Phi) is 7.11. The van der Waals surface area contributed by atoms with E-state index in [0.717, 1.165) is 0 Å². The molecule has 5 rings (SSSR count). The maximum Gasteiger partial charge on any atom is 0.248 e. The van der Waals surface area contributed by atoms with E-state index < -0.39 is 28.7 Å². The normalized spacial score (nSPS) is 31.3. The van der Waals surface area contributed by atoms with Crippen molar-refractivity contribution in [2.24, 2.45) is 11.8 Å². The molecule has 0 radical (unpaired) electrons. The van der Waals surface area contributed by atoms with Crippen LogP contribution in [0.3, 0.4) is 0 Å². The predicted octanol–water partition coefficient (Wildman–Crippen LogP) is 4.15. The molecular weight excluding hydrogens is 566 g/mol. The van der Waals surface area contributed by atoms with Crippen LogP contribution in [0.5, 0.6) is 0 Å². The lowest BCUT2D eigenvalue weighted by atomic mass is 9.70. The van der Waals surface area contributed by atoms with Crippen molar-refractivity contribution in [3.63, 3.8) is 0 Å². The Hall–Kier alpha value is -2.07. The molecule has 3 aliphatic heterocycles. The number of nitrogens with zero attached hydrogens (tertiary/aromatic N) is 1. The molecule has 2 bridgehead atoms. The van der Waals surface area contributed by atoms with E-state index in [0.29, 0.717) is 29.2 Å². The molecule has 3 N–H and O–H groups in total. The number of para-hydroxylation sites is 1. The van der Waals surface area contributed by atoms with Crippen molar-refractivity contribution in [2.75, 3.05) is 17.2 Å². The zero-order valence-electron chi connectivity index (χ0n) is 19.6. The Balaban J connectivity index is 1.52.